The van der Waals surface area contributed by atoms with Gasteiger partial charge in [0.2, 0.25) is 0 Å². The first-order valence-corrected chi connectivity index (χ1v) is 10.4. The number of carbonyl (C=O) groups excluding carboxylic acids is 3. The van der Waals surface area contributed by atoms with Crippen LogP contribution in [0.3, 0.4) is 0 Å². The molecule has 2 heterocycles. The summed E-state index contributed by atoms with van der Waals surface area (Å²) in [7, 11) is 1.80. The maximum atomic E-state index is 12.5. The fourth-order valence-electron chi connectivity index (χ4n) is 2.98. The van der Waals surface area contributed by atoms with Crippen LogP contribution in [-0.4, -0.2) is 61.6 Å². The molecule has 0 saturated carbocycles. The third-order valence-electron chi connectivity index (χ3n) is 4.68. The van der Waals surface area contributed by atoms with Gasteiger partial charge in [-0.2, -0.15) is 5.10 Å². The van der Waals surface area contributed by atoms with Crippen LogP contribution in [0.4, 0.5) is 10.6 Å². The molecule has 11 heteroatoms. The van der Waals surface area contributed by atoms with Gasteiger partial charge in [0.25, 0.3) is 11.8 Å². The standard InChI is InChI=1S/C22H26N6O5/c1-4-8-33-22(32)28-13-19(25-14(28)2)26-21(31)18(29)11-23-20(30)16-7-5-6-15(9-16)17-10-24-27(3)12-17/h5-7,9-10,12-13,18,29H,4,8,11H2,1-3H3,(H,23,30)(H,26,31)/t18-/m0/s1. The second-order valence-corrected chi connectivity index (χ2v) is 7.36. The van der Waals surface area contributed by atoms with Crippen molar-refractivity contribution >= 4 is 23.7 Å². The maximum absolute atomic E-state index is 12.5. The van der Waals surface area contributed by atoms with Crippen LogP contribution in [0.5, 0.6) is 0 Å². The molecule has 0 bridgehead atoms. The minimum absolute atomic E-state index is 0.0838. The number of hydrogen-bond acceptors (Lipinski definition) is 7. The number of hydrogen-bond donors (Lipinski definition) is 3. The summed E-state index contributed by atoms with van der Waals surface area (Å²) < 4.78 is 7.86. The lowest BCUT2D eigenvalue weighted by Crippen LogP contribution is -2.39. The number of nitrogens with zero attached hydrogens (tertiary/aromatic N) is 4. The van der Waals surface area contributed by atoms with Crippen molar-refractivity contribution in [2.45, 2.75) is 26.4 Å². The third-order valence-corrected chi connectivity index (χ3v) is 4.68. The molecule has 0 unspecified atom stereocenters. The third kappa shape index (κ3) is 6.04. The second-order valence-electron chi connectivity index (χ2n) is 7.36. The van der Waals surface area contributed by atoms with Crippen LogP contribution < -0.4 is 10.6 Å². The molecule has 0 fully saturated rings. The molecule has 2 amide bonds. The lowest BCUT2D eigenvalue weighted by molar-refractivity contribution is -0.123. The molecule has 33 heavy (non-hydrogen) atoms. The number of imidazole rings is 1. The van der Waals surface area contributed by atoms with E-state index in [4.69, 9.17) is 4.74 Å². The zero-order valence-electron chi connectivity index (χ0n) is 18.6. The predicted molar refractivity (Wildman–Crippen MR) is 120 cm³/mol. The lowest BCUT2D eigenvalue weighted by Gasteiger charge is -2.11. The molecule has 3 N–H and O–H groups in total. The number of aliphatic hydroxyl groups excluding tert-OH is 1. The highest BCUT2D eigenvalue weighted by atomic mass is 16.5. The molecule has 1 atom stereocenters. The maximum Gasteiger partial charge on any atom is 0.419 e. The summed E-state index contributed by atoms with van der Waals surface area (Å²) in [5.74, 6) is -0.805. The first-order valence-electron chi connectivity index (χ1n) is 10.4. The van der Waals surface area contributed by atoms with Crippen molar-refractivity contribution in [3.63, 3.8) is 0 Å². The number of aromatic nitrogens is 4. The van der Waals surface area contributed by atoms with Crippen molar-refractivity contribution in [2.24, 2.45) is 7.05 Å². The largest absolute Gasteiger partial charge is 0.449 e. The zero-order valence-corrected chi connectivity index (χ0v) is 18.6. The minimum atomic E-state index is -1.52. The van der Waals surface area contributed by atoms with E-state index in [1.165, 1.54) is 6.20 Å². The highest BCUT2D eigenvalue weighted by molar-refractivity contribution is 5.97. The quantitative estimate of drug-likeness (QED) is 0.471. The molecule has 0 saturated heterocycles. The summed E-state index contributed by atoms with van der Waals surface area (Å²) >= 11 is 0. The van der Waals surface area contributed by atoms with Gasteiger partial charge in [0.15, 0.2) is 5.82 Å². The fraction of sp³-hybridized carbons (Fsp3) is 0.318. The number of amides is 2. The Balaban J connectivity index is 1.55. The van der Waals surface area contributed by atoms with Crippen molar-refractivity contribution in [1.82, 2.24) is 24.6 Å². The molecule has 0 aliphatic rings. The van der Waals surface area contributed by atoms with Gasteiger partial charge in [0.05, 0.1) is 25.5 Å². The first kappa shape index (κ1) is 23.7. The van der Waals surface area contributed by atoms with Crippen LogP contribution in [0.25, 0.3) is 11.1 Å². The van der Waals surface area contributed by atoms with Crippen LogP contribution in [0.15, 0.2) is 42.9 Å². The number of nitrogens with one attached hydrogen (secondary N) is 2. The molecule has 0 aliphatic carbocycles. The molecule has 3 rings (SSSR count). The number of rotatable bonds is 8. The number of ether oxygens (including phenoxy) is 1. The Morgan fingerprint density at radius 1 is 1.21 bits per heavy atom. The summed E-state index contributed by atoms with van der Waals surface area (Å²) in [4.78, 5) is 40.8. The van der Waals surface area contributed by atoms with Gasteiger partial charge in [-0.1, -0.05) is 19.1 Å². The van der Waals surface area contributed by atoms with Crippen molar-refractivity contribution in [3.05, 3.63) is 54.2 Å². The van der Waals surface area contributed by atoms with Crippen molar-refractivity contribution in [1.29, 1.82) is 0 Å². The van der Waals surface area contributed by atoms with Gasteiger partial charge >= 0.3 is 6.09 Å². The second kappa shape index (κ2) is 10.6. The van der Waals surface area contributed by atoms with E-state index >= 15 is 0 Å². The number of aryl methyl sites for hydroxylation is 2. The van der Waals surface area contributed by atoms with Crippen molar-refractivity contribution in [2.75, 3.05) is 18.5 Å². The van der Waals surface area contributed by atoms with Gasteiger partial charge in [-0.3, -0.25) is 14.3 Å². The Morgan fingerprint density at radius 2 is 2.00 bits per heavy atom. The van der Waals surface area contributed by atoms with E-state index in [0.717, 1.165) is 15.7 Å². The van der Waals surface area contributed by atoms with Crippen LogP contribution >= 0.6 is 0 Å². The summed E-state index contributed by atoms with van der Waals surface area (Å²) in [6.45, 7) is 3.41. The van der Waals surface area contributed by atoms with Gasteiger partial charge in [0, 0.05) is 24.4 Å². The molecule has 11 nitrogen and oxygen atoms in total. The molecular weight excluding hydrogens is 428 g/mol. The van der Waals surface area contributed by atoms with Gasteiger partial charge in [-0.05, 0) is 31.0 Å². The Kier molecular flexibility index (Phi) is 7.57. The van der Waals surface area contributed by atoms with Gasteiger partial charge in [-0.25, -0.2) is 14.3 Å². The Morgan fingerprint density at radius 3 is 2.70 bits per heavy atom. The molecule has 0 spiro atoms. The van der Waals surface area contributed by atoms with E-state index in [-0.39, 0.29) is 19.0 Å². The SMILES string of the molecule is CCCOC(=O)n1cc(NC(=O)[C@@H](O)CNC(=O)c2cccc(-c3cnn(C)c3)c2)nc1C. The van der Waals surface area contributed by atoms with Crippen LogP contribution in [-0.2, 0) is 16.6 Å². The van der Waals surface area contributed by atoms with Crippen LogP contribution in [0, 0.1) is 6.92 Å². The summed E-state index contributed by atoms with van der Waals surface area (Å²) in [5, 5.41) is 19.2. The Hall–Kier alpha value is -3.99. The fourth-order valence-corrected chi connectivity index (χ4v) is 2.98. The van der Waals surface area contributed by atoms with E-state index in [2.05, 4.69) is 20.7 Å². The molecule has 2 aromatic heterocycles. The first-order chi connectivity index (χ1) is 15.8. The molecule has 1 aromatic carbocycles. The normalized spacial score (nSPS) is 11.6. The number of benzene rings is 1. The number of aliphatic hydroxyl groups is 1. The van der Waals surface area contributed by atoms with Gasteiger partial charge in [-0.15, -0.1) is 0 Å². The molecule has 0 aliphatic heterocycles. The number of anilines is 1. The Bertz CT molecular complexity index is 1150. The zero-order chi connectivity index (χ0) is 24.0. The number of carbonyl (C=O) groups is 3. The van der Waals surface area contributed by atoms with Crippen molar-refractivity contribution < 1.29 is 24.2 Å². The molecule has 0 radical (unpaired) electrons. The van der Waals surface area contributed by atoms with E-state index < -0.39 is 24.0 Å². The average molecular weight is 454 g/mol. The van der Waals surface area contributed by atoms with Gasteiger partial charge in [0.1, 0.15) is 11.9 Å². The predicted octanol–water partition coefficient (Wildman–Crippen LogP) is 1.72. The smallest absolute Gasteiger partial charge is 0.419 e. The highest BCUT2D eigenvalue weighted by Gasteiger charge is 2.20. The summed E-state index contributed by atoms with van der Waals surface area (Å²) in [6.07, 6.45) is 3.38. The lowest BCUT2D eigenvalue weighted by atomic mass is 10.1. The van der Waals surface area contributed by atoms with Crippen LogP contribution in [0.1, 0.15) is 29.5 Å². The van der Waals surface area contributed by atoms with Crippen molar-refractivity contribution in [3.8, 4) is 11.1 Å². The topological polar surface area (TPSA) is 140 Å². The summed E-state index contributed by atoms with van der Waals surface area (Å²) in [6, 6.07) is 6.93. The Labute approximate surface area is 190 Å². The average Bonchev–Trinajstić information content (AvgIpc) is 3.40. The van der Waals surface area contributed by atoms with Crippen LogP contribution in [0.2, 0.25) is 0 Å². The highest BCUT2D eigenvalue weighted by Crippen LogP contribution is 2.19. The molecule has 3 aromatic rings. The molecule has 174 valence electrons. The minimum Gasteiger partial charge on any atom is -0.449 e. The van der Waals surface area contributed by atoms with Gasteiger partial charge < -0.3 is 20.5 Å². The summed E-state index contributed by atoms with van der Waals surface area (Å²) in [5.41, 5.74) is 2.06. The van der Waals surface area contributed by atoms with E-state index in [9.17, 15) is 19.5 Å². The van der Waals surface area contributed by atoms with E-state index in [1.807, 2.05) is 19.2 Å². The van der Waals surface area contributed by atoms with E-state index in [0.29, 0.717) is 17.8 Å². The monoisotopic (exact) mass is 454 g/mol. The van der Waals surface area contributed by atoms with E-state index in [1.54, 1.807) is 43.0 Å². The molecular formula is C22H26N6O5.